The Balaban J connectivity index is 3.54. The van der Waals surface area contributed by atoms with Gasteiger partial charge in [-0.05, 0) is 0 Å². The van der Waals surface area contributed by atoms with Crippen LogP contribution in [0.1, 0.15) is 52.4 Å². The van der Waals surface area contributed by atoms with Gasteiger partial charge in [0.25, 0.3) is 0 Å². The summed E-state index contributed by atoms with van der Waals surface area (Å²) in [7, 11) is 17.7. The molecule has 0 fully saturated rings. The molecule has 0 aliphatic rings. The first-order valence-corrected chi connectivity index (χ1v) is 18.0. The molecule has 0 rings (SSSR count). The van der Waals surface area contributed by atoms with Crippen LogP contribution in [-0.2, 0) is 0 Å². The third kappa shape index (κ3) is 10.1. The van der Waals surface area contributed by atoms with Gasteiger partial charge in [0, 0.05) is 0 Å². The molecule has 0 bridgehead atoms. The summed E-state index contributed by atoms with van der Waals surface area (Å²) in [6.45, 7) is 4.14. The van der Waals surface area contributed by atoms with Crippen molar-refractivity contribution in [1.82, 2.24) is 0 Å². The topological polar surface area (TPSA) is 0 Å². The average molecular weight is 376 g/mol. The van der Waals surface area contributed by atoms with Crippen molar-refractivity contribution in [2.45, 2.75) is 56.3 Å². The van der Waals surface area contributed by atoms with Crippen molar-refractivity contribution in [3.05, 3.63) is 0 Å². The summed E-state index contributed by atoms with van der Waals surface area (Å²) in [5.74, 6) is 6.18. The van der Waals surface area contributed by atoms with Crippen molar-refractivity contribution >= 4 is 41.8 Å². The van der Waals surface area contributed by atoms with Gasteiger partial charge in [0.2, 0.25) is 0 Å². The number of hydrogen-bond donors (Lipinski definition) is 0. The normalized spacial score (nSPS) is 13.1. The summed E-state index contributed by atoms with van der Waals surface area (Å²) in [5.41, 5.74) is 0. The third-order valence-corrected chi connectivity index (χ3v) is 12.0. The molecule has 4 heteroatoms. The maximum absolute atomic E-state index is 5.90. The van der Waals surface area contributed by atoms with Crippen molar-refractivity contribution in [1.29, 1.82) is 0 Å². The second-order valence-corrected chi connectivity index (χ2v) is 25.2. The molecule has 0 amide bonds. The van der Waals surface area contributed by atoms with Gasteiger partial charge in [0.05, 0.1) is 0 Å². The molecule has 88 valence electrons. The zero-order chi connectivity index (χ0) is 11.7. The quantitative estimate of drug-likeness (QED) is 0.331. The zero-order valence-electron chi connectivity index (χ0n) is 9.45. The summed E-state index contributed by atoms with van der Waals surface area (Å²) in [6, 6.07) is 0. The Morgan fingerprint density at radius 3 is 2.20 bits per heavy atom. The SMILES string of the molecule is CCCCCCCC#C[C@@H](C)[Sn]([Cl])([Cl])[Cl]. The first kappa shape index (κ1) is 16.2. The van der Waals surface area contributed by atoms with Crippen LogP contribution in [-0.4, -0.2) is 15.0 Å². The van der Waals surface area contributed by atoms with Crippen molar-refractivity contribution in [3.8, 4) is 11.8 Å². The van der Waals surface area contributed by atoms with Crippen LogP contribution in [0.3, 0.4) is 0 Å². The second-order valence-electron chi connectivity index (χ2n) is 3.75. The van der Waals surface area contributed by atoms with Gasteiger partial charge in [-0.25, -0.2) is 0 Å². The first-order valence-electron chi connectivity index (χ1n) is 5.53. The minimum atomic E-state index is -3.29. The Morgan fingerprint density at radius 1 is 1.07 bits per heavy atom. The molecule has 0 aliphatic carbocycles. The maximum atomic E-state index is 5.90. The summed E-state index contributed by atoms with van der Waals surface area (Å²) >= 11 is -3.29. The first-order chi connectivity index (χ1) is 6.98. The van der Waals surface area contributed by atoms with Crippen LogP contribution >= 0.6 is 26.8 Å². The monoisotopic (exact) mass is 376 g/mol. The molecule has 0 unspecified atom stereocenters. The molecule has 0 aromatic heterocycles. The van der Waals surface area contributed by atoms with E-state index in [4.69, 9.17) is 26.8 Å². The van der Waals surface area contributed by atoms with Crippen molar-refractivity contribution < 1.29 is 0 Å². The predicted molar refractivity (Wildman–Crippen MR) is 73.9 cm³/mol. The van der Waals surface area contributed by atoms with E-state index in [0.717, 1.165) is 6.42 Å². The molecule has 1 atom stereocenters. The average Bonchev–Trinajstić information content (AvgIpc) is 2.14. The predicted octanol–water partition coefficient (Wildman–Crippen LogP) is 5.40. The third-order valence-electron chi connectivity index (χ3n) is 2.21. The van der Waals surface area contributed by atoms with E-state index in [1.54, 1.807) is 0 Å². The van der Waals surface area contributed by atoms with Crippen molar-refractivity contribution in [2.75, 3.05) is 0 Å². The molecule has 15 heavy (non-hydrogen) atoms. The molecule has 0 saturated carbocycles. The van der Waals surface area contributed by atoms with Gasteiger partial charge >= 0.3 is 110 Å². The van der Waals surface area contributed by atoms with Crippen LogP contribution < -0.4 is 0 Å². The molecule has 0 radical (unpaired) electrons. The Labute approximate surface area is 109 Å². The van der Waals surface area contributed by atoms with E-state index in [-0.39, 0.29) is 3.93 Å². The second kappa shape index (κ2) is 9.28. The molecule has 0 aromatic carbocycles. The van der Waals surface area contributed by atoms with Crippen LogP contribution in [0.5, 0.6) is 0 Å². The van der Waals surface area contributed by atoms with Gasteiger partial charge in [0.1, 0.15) is 0 Å². The summed E-state index contributed by atoms with van der Waals surface area (Å²) in [6.07, 6.45) is 7.32. The molecule has 0 nitrogen and oxygen atoms in total. The van der Waals surface area contributed by atoms with Crippen LogP contribution in [0.4, 0.5) is 0 Å². The van der Waals surface area contributed by atoms with Crippen LogP contribution in [0.25, 0.3) is 0 Å². The van der Waals surface area contributed by atoms with Gasteiger partial charge in [-0.2, -0.15) is 0 Å². The summed E-state index contributed by atoms with van der Waals surface area (Å²) < 4.78 is 0.0138. The fourth-order valence-electron chi connectivity index (χ4n) is 1.12. The van der Waals surface area contributed by atoms with Crippen LogP contribution in [0.2, 0.25) is 3.93 Å². The van der Waals surface area contributed by atoms with Gasteiger partial charge in [-0.15, -0.1) is 0 Å². The Kier molecular flexibility index (Phi) is 10.0. The number of unbranched alkanes of at least 4 members (excludes halogenated alkanes) is 5. The molecule has 0 aliphatic heterocycles. The van der Waals surface area contributed by atoms with Crippen LogP contribution in [0.15, 0.2) is 0 Å². The summed E-state index contributed by atoms with van der Waals surface area (Å²) in [5, 5.41) is 0. The van der Waals surface area contributed by atoms with E-state index >= 15 is 0 Å². The Morgan fingerprint density at radius 2 is 1.67 bits per heavy atom. The standard InChI is InChI=1S/C11H19.3ClH.Sn/c1-3-5-7-9-11-10-8-6-4-2;;;;/h3H,4,6,8-11H2,1-2H3;3*1H;/q;;;;+3/p-3. The zero-order valence-corrected chi connectivity index (χ0v) is 14.6. The van der Waals surface area contributed by atoms with E-state index in [9.17, 15) is 0 Å². The molecule has 0 aromatic rings. The van der Waals surface area contributed by atoms with E-state index in [1.807, 2.05) is 6.92 Å². The van der Waals surface area contributed by atoms with Gasteiger partial charge in [-0.1, -0.05) is 0 Å². The molecular weight excluding hydrogens is 357 g/mol. The van der Waals surface area contributed by atoms with Crippen molar-refractivity contribution in [2.24, 2.45) is 0 Å². The minimum absolute atomic E-state index is 0.0138. The van der Waals surface area contributed by atoms with Crippen molar-refractivity contribution in [3.63, 3.8) is 0 Å². The Bertz CT molecular complexity index is 212. The van der Waals surface area contributed by atoms with Crippen LogP contribution in [0, 0.1) is 11.8 Å². The van der Waals surface area contributed by atoms with E-state index in [0.29, 0.717) is 0 Å². The van der Waals surface area contributed by atoms with Gasteiger partial charge in [0.15, 0.2) is 0 Å². The number of rotatable bonds is 6. The molecule has 0 spiro atoms. The molecule has 0 N–H and O–H groups in total. The number of hydrogen-bond acceptors (Lipinski definition) is 0. The fourth-order valence-corrected chi connectivity index (χ4v) is 2.98. The van der Waals surface area contributed by atoms with E-state index in [1.165, 1.54) is 32.1 Å². The molecule has 0 heterocycles. The van der Waals surface area contributed by atoms with Gasteiger partial charge < -0.3 is 0 Å². The van der Waals surface area contributed by atoms with Gasteiger partial charge in [-0.3, -0.25) is 0 Å². The van der Waals surface area contributed by atoms with E-state index < -0.39 is 15.0 Å². The van der Waals surface area contributed by atoms with E-state index in [2.05, 4.69) is 18.8 Å². The molecular formula is C11H19Cl3Sn. The fraction of sp³-hybridized carbons (Fsp3) is 0.818. The molecule has 0 saturated heterocycles. The number of halogens is 3. The summed E-state index contributed by atoms with van der Waals surface area (Å²) in [4.78, 5) is 0. The Hall–Kier alpha value is 1.23.